The van der Waals surface area contributed by atoms with Crippen molar-refractivity contribution in [2.24, 2.45) is 5.73 Å². The minimum Gasteiger partial charge on any atom is -0.325 e. The first-order valence-electron chi connectivity index (χ1n) is 4.64. The van der Waals surface area contributed by atoms with Crippen LogP contribution < -0.4 is 11.1 Å². The maximum absolute atomic E-state index is 5.52. The zero-order valence-electron chi connectivity index (χ0n) is 7.49. The van der Waals surface area contributed by atoms with Gasteiger partial charge in [0.15, 0.2) is 0 Å². The van der Waals surface area contributed by atoms with Gasteiger partial charge in [0, 0.05) is 19.0 Å². The first-order valence-corrected chi connectivity index (χ1v) is 4.64. The van der Waals surface area contributed by atoms with Crippen molar-refractivity contribution in [1.29, 1.82) is 0 Å². The highest BCUT2D eigenvalue weighted by Gasteiger charge is 2.21. The molecule has 1 saturated heterocycles. The number of hydrogen-bond acceptors (Lipinski definition) is 5. The number of nitrogens with zero attached hydrogens (tertiary/aromatic N) is 2. The third-order valence-corrected chi connectivity index (χ3v) is 2.46. The topological polar surface area (TPSA) is 77.0 Å². The Morgan fingerprint density at radius 2 is 2.46 bits per heavy atom. The molecule has 0 aliphatic carbocycles. The fourth-order valence-electron chi connectivity index (χ4n) is 1.75. The Morgan fingerprint density at radius 1 is 1.54 bits per heavy atom. The molecule has 0 aromatic carbocycles. The molecular formula is C8H14N4O. The van der Waals surface area contributed by atoms with Gasteiger partial charge in [-0.05, 0) is 19.4 Å². The Hall–Kier alpha value is -0.940. The van der Waals surface area contributed by atoms with Crippen LogP contribution >= 0.6 is 0 Å². The van der Waals surface area contributed by atoms with Crippen LogP contribution in [0.5, 0.6) is 0 Å². The monoisotopic (exact) mass is 182 g/mol. The van der Waals surface area contributed by atoms with Gasteiger partial charge in [0.25, 0.3) is 0 Å². The fourth-order valence-corrected chi connectivity index (χ4v) is 1.75. The van der Waals surface area contributed by atoms with Gasteiger partial charge in [-0.1, -0.05) is 10.3 Å². The molecule has 1 fully saturated rings. The molecule has 1 aromatic rings. The van der Waals surface area contributed by atoms with Gasteiger partial charge < -0.3 is 11.1 Å². The van der Waals surface area contributed by atoms with Crippen molar-refractivity contribution in [3.63, 3.8) is 0 Å². The van der Waals surface area contributed by atoms with Gasteiger partial charge >= 0.3 is 0 Å². The van der Waals surface area contributed by atoms with E-state index in [9.17, 15) is 0 Å². The molecule has 5 heteroatoms. The third-order valence-electron chi connectivity index (χ3n) is 2.46. The minimum atomic E-state index is 0.412. The number of nitrogens with one attached hydrogen (secondary N) is 1. The molecule has 0 spiro atoms. The maximum Gasteiger partial charge on any atom is 0.122 e. The molecule has 5 nitrogen and oxygen atoms in total. The summed E-state index contributed by atoms with van der Waals surface area (Å²) in [6.45, 7) is 2.47. The van der Waals surface area contributed by atoms with E-state index in [-0.39, 0.29) is 0 Å². The average molecular weight is 182 g/mol. The lowest BCUT2D eigenvalue weighted by molar-refractivity contribution is 0.295. The number of rotatable bonds is 2. The van der Waals surface area contributed by atoms with Gasteiger partial charge in [-0.15, -0.1) is 0 Å². The quantitative estimate of drug-likeness (QED) is 0.673. The molecule has 13 heavy (non-hydrogen) atoms. The van der Waals surface area contributed by atoms with Crippen LogP contribution in [-0.2, 0) is 6.54 Å². The zero-order chi connectivity index (χ0) is 9.10. The van der Waals surface area contributed by atoms with Crippen LogP contribution in [0.25, 0.3) is 0 Å². The van der Waals surface area contributed by atoms with E-state index in [1.807, 2.05) is 0 Å². The van der Waals surface area contributed by atoms with Gasteiger partial charge in [-0.3, -0.25) is 0 Å². The molecule has 72 valence electrons. The molecule has 2 heterocycles. The van der Waals surface area contributed by atoms with Crippen LogP contribution in [-0.4, -0.2) is 23.4 Å². The van der Waals surface area contributed by atoms with E-state index in [2.05, 4.69) is 20.3 Å². The number of hydrogen-bond donors (Lipinski definition) is 2. The van der Waals surface area contributed by atoms with Crippen molar-refractivity contribution < 1.29 is 4.63 Å². The molecule has 0 bridgehead atoms. The van der Waals surface area contributed by atoms with Crippen molar-refractivity contribution >= 4 is 0 Å². The van der Waals surface area contributed by atoms with Crippen molar-refractivity contribution in [2.75, 3.05) is 13.1 Å². The summed E-state index contributed by atoms with van der Waals surface area (Å²) in [5.41, 5.74) is 7.26. The summed E-state index contributed by atoms with van der Waals surface area (Å²) in [5, 5.41) is 11.0. The first kappa shape index (κ1) is 8.65. The second-order valence-electron chi connectivity index (χ2n) is 3.34. The Labute approximate surface area is 76.6 Å². The summed E-state index contributed by atoms with van der Waals surface area (Å²) in [5.74, 6) is 0.429. The van der Waals surface area contributed by atoms with Crippen LogP contribution in [0.4, 0.5) is 0 Å². The van der Waals surface area contributed by atoms with Gasteiger partial charge in [0.2, 0.25) is 0 Å². The molecule has 1 aliphatic heterocycles. The Balaban J connectivity index is 2.13. The van der Waals surface area contributed by atoms with Gasteiger partial charge in [-0.25, -0.2) is 4.63 Å². The normalized spacial score (nSPS) is 23.3. The predicted molar refractivity (Wildman–Crippen MR) is 47.0 cm³/mol. The van der Waals surface area contributed by atoms with E-state index in [1.165, 1.54) is 6.42 Å². The van der Waals surface area contributed by atoms with Crippen molar-refractivity contribution in [2.45, 2.75) is 25.3 Å². The lowest BCUT2D eigenvalue weighted by atomic mass is 9.95. The molecule has 1 aliphatic rings. The van der Waals surface area contributed by atoms with Crippen molar-refractivity contribution in [3.05, 3.63) is 11.4 Å². The number of nitrogens with two attached hydrogens (primary N) is 1. The smallest absolute Gasteiger partial charge is 0.122 e. The second-order valence-corrected chi connectivity index (χ2v) is 3.34. The van der Waals surface area contributed by atoms with E-state index in [0.29, 0.717) is 12.5 Å². The van der Waals surface area contributed by atoms with Crippen LogP contribution in [0.15, 0.2) is 4.63 Å². The van der Waals surface area contributed by atoms with E-state index < -0.39 is 0 Å². The lowest BCUT2D eigenvalue weighted by Crippen LogP contribution is -2.29. The first-order chi connectivity index (χ1) is 6.42. The summed E-state index contributed by atoms with van der Waals surface area (Å²) >= 11 is 0. The average Bonchev–Trinajstić information content (AvgIpc) is 2.67. The van der Waals surface area contributed by atoms with Gasteiger partial charge in [0.05, 0.1) is 0 Å². The minimum absolute atomic E-state index is 0.412. The summed E-state index contributed by atoms with van der Waals surface area (Å²) in [7, 11) is 0. The van der Waals surface area contributed by atoms with E-state index in [1.54, 1.807) is 0 Å². The maximum atomic E-state index is 5.52. The fraction of sp³-hybridized carbons (Fsp3) is 0.750. The SMILES string of the molecule is NCc1nonc1C1CCCNC1. The van der Waals surface area contributed by atoms with Crippen LogP contribution in [0.3, 0.4) is 0 Å². The summed E-state index contributed by atoms with van der Waals surface area (Å²) < 4.78 is 4.68. The highest BCUT2D eigenvalue weighted by molar-refractivity contribution is 5.14. The predicted octanol–water partition coefficient (Wildman–Crippen LogP) is -0.00470. The van der Waals surface area contributed by atoms with Crippen LogP contribution in [0.1, 0.15) is 30.1 Å². The summed E-state index contributed by atoms with van der Waals surface area (Å²) in [6, 6.07) is 0. The molecule has 0 amide bonds. The standard InChI is InChI=1S/C8H14N4O/c9-4-7-8(12-13-11-7)6-2-1-3-10-5-6/h6,10H,1-5,9H2. The van der Waals surface area contributed by atoms with Crippen LogP contribution in [0.2, 0.25) is 0 Å². The van der Waals surface area contributed by atoms with E-state index in [0.717, 1.165) is 30.9 Å². The summed E-state index contributed by atoms with van der Waals surface area (Å²) in [4.78, 5) is 0. The largest absolute Gasteiger partial charge is 0.325 e. The highest BCUT2D eigenvalue weighted by Crippen LogP contribution is 2.23. The number of aromatic nitrogens is 2. The second kappa shape index (κ2) is 3.85. The molecule has 1 aromatic heterocycles. The van der Waals surface area contributed by atoms with Gasteiger partial charge in [0.1, 0.15) is 11.4 Å². The molecular weight excluding hydrogens is 168 g/mol. The molecule has 1 atom stereocenters. The molecule has 2 rings (SSSR count). The zero-order valence-corrected chi connectivity index (χ0v) is 7.49. The molecule has 1 unspecified atom stereocenters. The summed E-state index contributed by atoms with van der Waals surface area (Å²) in [6.07, 6.45) is 2.33. The Kier molecular flexibility index (Phi) is 2.56. The van der Waals surface area contributed by atoms with E-state index >= 15 is 0 Å². The van der Waals surface area contributed by atoms with Crippen molar-refractivity contribution in [3.8, 4) is 0 Å². The molecule has 0 radical (unpaired) electrons. The van der Waals surface area contributed by atoms with Gasteiger partial charge in [-0.2, -0.15) is 0 Å². The molecule has 0 saturated carbocycles. The Bertz CT molecular complexity index is 267. The highest BCUT2D eigenvalue weighted by atomic mass is 16.6. The molecule has 3 N–H and O–H groups in total. The number of piperidine rings is 1. The Morgan fingerprint density at radius 3 is 3.15 bits per heavy atom. The van der Waals surface area contributed by atoms with Crippen LogP contribution in [0, 0.1) is 0 Å². The van der Waals surface area contributed by atoms with Crippen molar-refractivity contribution in [1.82, 2.24) is 15.6 Å². The lowest BCUT2D eigenvalue weighted by Gasteiger charge is -2.20. The third kappa shape index (κ3) is 1.71. The van der Waals surface area contributed by atoms with E-state index in [4.69, 9.17) is 5.73 Å².